The second-order valence-corrected chi connectivity index (χ2v) is 6.65. The molecule has 25 heavy (non-hydrogen) atoms. The number of ether oxygens (including phenoxy) is 1. The van der Waals surface area contributed by atoms with E-state index in [2.05, 4.69) is 10.6 Å². The van der Waals surface area contributed by atoms with Crippen LogP contribution in [0.25, 0.3) is 0 Å². The molecule has 1 aromatic rings. The summed E-state index contributed by atoms with van der Waals surface area (Å²) in [4.78, 5) is 12.0. The number of nitrogens with one attached hydrogen (secondary N) is 2. The first-order valence-corrected chi connectivity index (χ1v) is 9.01. The minimum absolute atomic E-state index is 0.131. The Labute approximate surface area is 156 Å². The lowest BCUT2D eigenvalue weighted by molar-refractivity contribution is -0.155. The third-order valence-corrected chi connectivity index (χ3v) is 3.25. The van der Waals surface area contributed by atoms with E-state index in [1.54, 1.807) is 18.2 Å². The zero-order valence-corrected chi connectivity index (χ0v) is 16.8. The molecule has 1 atom stereocenters. The normalized spacial score (nSPS) is 11.6. The molecule has 0 aromatic heterocycles. The van der Waals surface area contributed by atoms with Crippen LogP contribution >= 0.6 is 11.6 Å². The Balaban J connectivity index is 0.00000277. The minimum Gasteiger partial charge on any atom is -0.460 e. The molecule has 1 rings (SSSR count). The summed E-state index contributed by atoms with van der Waals surface area (Å²) >= 11 is 6.04. The second-order valence-electron chi connectivity index (χ2n) is 6.25. The van der Waals surface area contributed by atoms with Crippen molar-refractivity contribution < 1.29 is 9.53 Å². The number of likely N-dealkylation sites (N-methyl/N-ethyl adjacent to an activating group) is 1. The fraction of sp³-hybridized carbons (Fsp3) is 0.579. The number of carbonyl (C=O) groups excluding carboxylic acids is 1. The molecule has 5 nitrogen and oxygen atoms in total. The molecule has 0 aliphatic rings. The van der Waals surface area contributed by atoms with Crippen LogP contribution < -0.4 is 10.6 Å². The van der Waals surface area contributed by atoms with E-state index < -0.39 is 5.60 Å². The monoisotopic (exact) mass is 367 g/mol. The lowest BCUT2D eigenvalue weighted by Gasteiger charge is -2.24. The standard InChI is InChI=1S/C17H24ClN3O2.C2H6/c1-5-20-11-14(9-16(22)23-17(2,3)4)21-13-7-6-12(10-19)15(18)8-13;1-2/h6-8,14,20-21H,5,9,11H2,1-4H3;1-2H3. The molecule has 0 aliphatic heterocycles. The van der Waals surface area contributed by atoms with Crippen LogP contribution in [0, 0.1) is 11.3 Å². The number of benzene rings is 1. The first-order valence-electron chi connectivity index (χ1n) is 8.64. The average molecular weight is 368 g/mol. The van der Waals surface area contributed by atoms with Gasteiger partial charge in [-0.3, -0.25) is 4.79 Å². The van der Waals surface area contributed by atoms with E-state index >= 15 is 0 Å². The molecule has 0 saturated heterocycles. The van der Waals surface area contributed by atoms with Gasteiger partial charge in [0, 0.05) is 18.3 Å². The molecular formula is C19H30ClN3O2. The molecule has 0 aliphatic carbocycles. The SMILES string of the molecule is CC.CCNCC(CC(=O)OC(C)(C)C)Nc1ccc(C#N)c(Cl)c1. The summed E-state index contributed by atoms with van der Waals surface area (Å²) in [6.07, 6.45) is 0.238. The van der Waals surface area contributed by atoms with E-state index in [-0.39, 0.29) is 18.4 Å². The van der Waals surface area contributed by atoms with Crippen LogP contribution in [-0.2, 0) is 9.53 Å². The molecule has 0 fully saturated rings. The van der Waals surface area contributed by atoms with Crippen molar-refractivity contribution in [3.8, 4) is 6.07 Å². The maximum absolute atomic E-state index is 12.0. The Morgan fingerprint density at radius 3 is 2.48 bits per heavy atom. The number of nitriles is 1. The van der Waals surface area contributed by atoms with Crippen LogP contribution in [0.4, 0.5) is 5.69 Å². The fourth-order valence-electron chi connectivity index (χ4n) is 2.01. The minimum atomic E-state index is -0.502. The molecule has 0 saturated carbocycles. The third-order valence-electron chi connectivity index (χ3n) is 2.93. The second kappa shape index (κ2) is 11.7. The molecule has 0 bridgehead atoms. The molecular weight excluding hydrogens is 338 g/mol. The zero-order chi connectivity index (χ0) is 19.5. The van der Waals surface area contributed by atoms with Gasteiger partial charge in [0.15, 0.2) is 0 Å². The maximum atomic E-state index is 12.0. The number of rotatable bonds is 7. The number of hydrogen-bond donors (Lipinski definition) is 2. The maximum Gasteiger partial charge on any atom is 0.308 e. The quantitative estimate of drug-likeness (QED) is 0.700. The number of hydrogen-bond acceptors (Lipinski definition) is 5. The number of nitrogens with zero attached hydrogens (tertiary/aromatic N) is 1. The number of esters is 1. The predicted octanol–water partition coefficient (Wildman–Crippen LogP) is 4.36. The van der Waals surface area contributed by atoms with Gasteiger partial charge in [-0.1, -0.05) is 32.4 Å². The van der Waals surface area contributed by atoms with Crippen LogP contribution in [0.2, 0.25) is 5.02 Å². The summed E-state index contributed by atoms with van der Waals surface area (Å²) in [6, 6.07) is 7.01. The van der Waals surface area contributed by atoms with Crippen LogP contribution in [0.15, 0.2) is 18.2 Å². The summed E-state index contributed by atoms with van der Waals surface area (Å²) in [5.41, 5.74) is 0.686. The summed E-state index contributed by atoms with van der Waals surface area (Å²) < 4.78 is 5.37. The number of anilines is 1. The van der Waals surface area contributed by atoms with E-state index in [4.69, 9.17) is 21.6 Å². The zero-order valence-electron chi connectivity index (χ0n) is 16.1. The van der Waals surface area contributed by atoms with Crippen LogP contribution in [-0.4, -0.2) is 30.7 Å². The van der Waals surface area contributed by atoms with Crippen molar-refractivity contribution in [2.75, 3.05) is 18.4 Å². The largest absolute Gasteiger partial charge is 0.460 e. The first-order chi connectivity index (χ1) is 11.7. The van der Waals surface area contributed by atoms with Crippen LogP contribution in [0.5, 0.6) is 0 Å². The smallest absolute Gasteiger partial charge is 0.308 e. The van der Waals surface area contributed by atoms with E-state index in [1.165, 1.54) is 0 Å². The number of halogens is 1. The summed E-state index contributed by atoms with van der Waals surface area (Å²) in [5.74, 6) is -0.257. The van der Waals surface area contributed by atoms with E-state index in [0.717, 1.165) is 12.2 Å². The molecule has 0 spiro atoms. The molecule has 2 N–H and O–H groups in total. The van der Waals surface area contributed by atoms with Crippen molar-refractivity contribution in [2.45, 2.75) is 59.6 Å². The Morgan fingerprint density at radius 1 is 1.36 bits per heavy atom. The summed E-state index contributed by atoms with van der Waals surface area (Å²) in [5, 5.41) is 15.8. The van der Waals surface area contributed by atoms with Gasteiger partial charge in [0.05, 0.1) is 17.0 Å². The third kappa shape index (κ3) is 9.96. The molecule has 0 amide bonds. The van der Waals surface area contributed by atoms with Gasteiger partial charge in [-0.2, -0.15) is 5.26 Å². The van der Waals surface area contributed by atoms with Gasteiger partial charge in [0.2, 0.25) is 0 Å². The highest BCUT2D eigenvalue weighted by atomic mass is 35.5. The lowest BCUT2D eigenvalue weighted by atomic mass is 10.1. The van der Waals surface area contributed by atoms with Crippen molar-refractivity contribution in [1.29, 1.82) is 5.26 Å². The Kier molecular flexibility index (Phi) is 10.9. The van der Waals surface area contributed by atoms with E-state index in [1.807, 2.05) is 47.6 Å². The molecule has 0 radical (unpaired) electrons. The highest BCUT2D eigenvalue weighted by molar-refractivity contribution is 6.32. The van der Waals surface area contributed by atoms with Gasteiger partial charge >= 0.3 is 5.97 Å². The summed E-state index contributed by atoms with van der Waals surface area (Å²) in [7, 11) is 0. The Hall–Kier alpha value is -1.77. The lowest BCUT2D eigenvalue weighted by Crippen LogP contribution is -2.36. The highest BCUT2D eigenvalue weighted by Gasteiger charge is 2.20. The van der Waals surface area contributed by atoms with Gasteiger partial charge in [-0.25, -0.2) is 0 Å². The van der Waals surface area contributed by atoms with Crippen LogP contribution in [0.3, 0.4) is 0 Å². The van der Waals surface area contributed by atoms with Gasteiger partial charge in [0.1, 0.15) is 11.7 Å². The topological polar surface area (TPSA) is 74.2 Å². The van der Waals surface area contributed by atoms with Gasteiger partial charge in [0.25, 0.3) is 0 Å². The van der Waals surface area contributed by atoms with E-state index in [0.29, 0.717) is 17.1 Å². The van der Waals surface area contributed by atoms with Gasteiger partial charge in [-0.05, 0) is 45.5 Å². The highest BCUT2D eigenvalue weighted by Crippen LogP contribution is 2.21. The molecule has 1 aromatic carbocycles. The van der Waals surface area contributed by atoms with Gasteiger partial charge < -0.3 is 15.4 Å². The number of carbonyl (C=O) groups is 1. The summed E-state index contributed by atoms with van der Waals surface area (Å²) in [6.45, 7) is 13.0. The predicted molar refractivity (Wildman–Crippen MR) is 104 cm³/mol. The molecule has 140 valence electrons. The molecule has 6 heteroatoms. The Bertz CT molecular complexity index is 577. The van der Waals surface area contributed by atoms with E-state index in [9.17, 15) is 4.79 Å². The van der Waals surface area contributed by atoms with Crippen molar-refractivity contribution in [1.82, 2.24) is 5.32 Å². The molecule has 1 unspecified atom stereocenters. The average Bonchev–Trinajstić information content (AvgIpc) is 2.53. The van der Waals surface area contributed by atoms with Crippen molar-refractivity contribution in [3.63, 3.8) is 0 Å². The first kappa shape index (κ1) is 23.2. The van der Waals surface area contributed by atoms with Crippen molar-refractivity contribution in [2.24, 2.45) is 0 Å². The van der Waals surface area contributed by atoms with Crippen LogP contribution in [0.1, 0.15) is 53.5 Å². The fourth-order valence-corrected chi connectivity index (χ4v) is 2.23. The molecule has 0 heterocycles. The Morgan fingerprint density at radius 2 is 2.00 bits per heavy atom. The van der Waals surface area contributed by atoms with Crippen molar-refractivity contribution in [3.05, 3.63) is 28.8 Å². The van der Waals surface area contributed by atoms with Gasteiger partial charge in [-0.15, -0.1) is 0 Å². The van der Waals surface area contributed by atoms with Crippen molar-refractivity contribution >= 4 is 23.3 Å².